The first-order chi connectivity index (χ1) is 15.4. The molecule has 0 aliphatic rings. The number of hydrogen-bond donors (Lipinski definition) is 1. The monoisotopic (exact) mass is 530 g/mol. The Bertz CT molecular complexity index is 1200. The molecule has 162 valence electrons. The summed E-state index contributed by atoms with van der Waals surface area (Å²) < 4.78 is 11.8. The van der Waals surface area contributed by atoms with Crippen LogP contribution in [-0.4, -0.2) is 13.0 Å². The summed E-state index contributed by atoms with van der Waals surface area (Å²) in [5, 5.41) is 13.3. The number of nitriles is 1. The summed E-state index contributed by atoms with van der Waals surface area (Å²) in [7, 11) is 1.56. The molecule has 8 heteroatoms. The third-order valence-corrected chi connectivity index (χ3v) is 5.46. The summed E-state index contributed by atoms with van der Waals surface area (Å²) in [6, 6.07) is 19.2. The molecule has 1 N–H and O–H groups in total. The van der Waals surface area contributed by atoms with Crippen molar-refractivity contribution in [3.63, 3.8) is 0 Å². The fourth-order valence-corrected chi connectivity index (χ4v) is 3.58. The molecule has 0 atom stereocenters. The molecule has 0 aliphatic carbocycles. The lowest BCUT2D eigenvalue weighted by molar-refractivity contribution is -0.112. The van der Waals surface area contributed by atoms with E-state index in [-0.39, 0.29) is 12.2 Å². The number of amides is 1. The normalized spacial score (nSPS) is 10.9. The van der Waals surface area contributed by atoms with Gasteiger partial charge < -0.3 is 14.8 Å². The number of carbonyl (C=O) groups is 1. The van der Waals surface area contributed by atoms with Crippen LogP contribution in [0.1, 0.15) is 11.1 Å². The lowest BCUT2D eigenvalue weighted by atomic mass is 10.1. The van der Waals surface area contributed by atoms with Crippen molar-refractivity contribution < 1.29 is 14.3 Å². The standard InChI is InChI=1S/C24H17BrCl2N2O3/c1-31-21-7-5-20(6-8-21)29-24(30)17(13-28)10-16-11-18(25)3-9-23(16)32-14-15-2-4-19(26)12-22(15)27/h2-12H,14H2,1H3,(H,29,30)/b17-10+. The maximum Gasteiger partial charge on any atom is 0.266 e. The minimum absolute atomic E-state index is 0.0757. The van der Waals surface area contributed by atoms with Crippen molar-refractivity contribution in [3.8, 4) is 17.6 Å². The van der Waals surface area contributed by atoms with E-state index in [1.165, 1.54) is 6.08 Å². The molecule has 1 amide bonds. The van der Waals surface area contributed by atoms with Crippen molar-refractivity contribution >= 4 is 56.8 Å². The molecule has 3 aromatic carbocycles. The molecule has 0 radical (unpaired) electrons. The molecule has 0 saturated heterocycles. The van der Waals surface area contributed by atoms with Crippen LogP contribution in [0, 0.1) is 11.3 Å². The van der Waals surface area contributed by atoms with E-state index in [0.717, 1.165) is 10.0 Å². The number of methoxy groups -OCH3 is 1. The van der Waals surface area contributed by atoms with E-state index in [9.17, 15) is 10.1 Å². The molecule has 3 aromatic rings. The fraction of sp³-hybridized carbons (Fsp3) is 0.0833. The van der Waals surface area contributed by atoms with Gasteiger partial charge in [0.1, 0.15) is 29.7 Å². The van der Waals surface area contributed by atoms with Gasteiger partial charge in [0.15, 0.2) is 0 Å². The molecule has 0 heterocycles. The van der Waals surface area contributed by atoms with Crippen LogP contribution in [-0.2, 0) is 11.4 Å². The second-order valence-corrected chi connectivity index (χ2v) is 8.32. The van der Waals surface area contributed by atoms with Gasteiger partial charge >= 0.3 is 0 Å². The predicted molar refractivity (Wildman–Crippen MR) is 130 cm³/mol. The summed E-state index contributed by atoms with van der Waals surface area (Å²) >= 11 is 15.6. The summed E-state index contributed by atoms with van der Waals surface area (Å²) in [6.45, 7) is 0.193. The molecule has 0 spiro atoms. The van der Waals surface area contributed by atoms with E-state index < -0.39 is 5.91 Å². The Balaban J connectivity index is 1.82. The van der Waals surface area contributed by atoms with Crippen LogP contribution in [0.25, 0.3) is 6.08 Å². The fourth-order valence-electron chi connectivity index (χ4n) is 2.73. The maximum atomic E-state index is 12.6. The van der Waals surface area contributed by atoms with Crippen molar-refractivity contribution in [2.45, 2.75) is 6.61 Å². The van der Waals surface area contributed by atoms with E-state index in [0.29, 0.717) is 32.8 Å². The van der Waals surface area contributed by atoms with Crippen molar-refractivity contribution in [1.29, 1.82) is 5.26 Å². The highest BCUT2D eigenvalue weighted by Gasteiger charge is 2.13. The summed E-state index contributed by atoms with van der Waals surface area (Å²) in [5.74, 6) is 0.615. The number of benzene rings is 3. The van der Waals surface area contributed by atoms with Crippen molar-refractivity contribution in [1.82, 2.24) is 0 Å². The van der Waals surface area contributed by atoms with Crippen LogP contribution in [0.4, 0.5) is 5.69 Å². The number of carbonyl (C=O) groups excluding carboxylic acids is 1. The number of anilines is 1. The van der Waals surface area contributed by atoms with Gasteiger partial charge in [0.05, 0.1) is 7.11 Å². The number of nitrogens with zero attached hydrogens (tertiary/aromatic N) is 1. The van der Waals surface area contributed by atoms with Gasteiger partial charge in [-0.2, -0.15) is 5.26 Å². The minimum atomic E-state index is -0.538. The largest absolute Gasteiger partial charge is 0.497 e. The molecule has 0 aromatic heterocycles. The topological polar surface area (TPSA) is 71.3 Å². The summed E-state index contributed by atoms with van der Waals surface area (Å²) in [6.07, 6.45) is 1.47. The van der Waals surface area contributed by atoms with Gasteiger partial charge in [-0.25, -0.2) is 0 Å². The summed E-state index contributed by atoms with van der Waals surface area (Å²) in [4.78, 5) is 12.6. The van der Waals surface area contributed by atoms with E-state index in [2.05, 4.69) is 21.2 Å². The molecular weight excluding hydrogens is 515 g/mol. The van der Waals surface area contributed by atoms with Gasteiger partial charge in [0, 0.05) is 31.3 Å². The molecule has 0 bridgehead atoms. The van der Waals surface area contributed by atoms with Crippen LogP contribution in [0.15, 0.2) is 70.7 Å². The molecule has 0 unspecified atom stereocenters. The molecular formula is C24H17BrCl2N2O3. The highest BCUT2D eigenvalue weighted by Crippen LogP contribution is 2.28. The van der Waals surface area contributed by atoms with E-state index in [1.54, 1.807) is 67.8 Å². The average Bonchev–Trinajstić information content (AvgIpc) is 2.78. The average molecular weight is 532 g/mol. The zero-order valence-corrected chi connectivity index (χ0v) is 20.0. The van der Waals surface area contributed by atoms with Gasteiger partial charge in [-0.05, 0) is 60.7 Å². The van der Waals surface area contributed by atoms with Crippen LogP contribution in [0.5, 0.6) is 11.5 Å². The van der Waals surface area contributed by atoms with E-state index in [4.69, 9.17) is 32.7 Å². The first-order valence-corrected chi connectivity index (χ1v) is 10.9. The number of nitrogens with one attached hydrogen (secondary N) is 1. The van der Waals surface area contributed by atoms with Gasteiger partial charge in [-0.3, -0.25) is 4.79 Å². The highest BCUT2D eigenvalue weighted by atomic mass is 79.9. The van der Waals surface area contributed by atoms with Crippen LogP contribution < -0.4 is 14.8 Å². The van der Waals surface area contributed by atoms with Gasteiger partial charge in [0.2, 0.25) is 0 Å². The predicted octanol–water partition coefficient (Wildman–Crippen LogP) is 6.89. The maximum absolute atomic E-state index is 12.6. The van der Waals surface area contributed by atoms with Crippen LogP contribution in [0.2, 0.25) is 10.0 Å². The lowest BCUT2D eigenvalue weighted by Crippen LogP contribution is -2.13. The van der Waals surface area contributed by atoms with E-state index >= 15 is 0 Å². The number of halogens is 3. The Labute approximate surface area is 204 Å². The Morgan fingerprint density at radius 2 is 1.88 bits per heavy atom. The van der Waals surface area contributed by atoms with Crippen LogP contribution >= 0.6 is 39.1 Å². The zero-order valence-electron chi connectivity index (χ0n) is 16.9. The quantitative estimate of drug-likeness (QED) is 0.266. The van der Waals surface area contributed by atoms with Crippen molar-refractivity contribution in [2.24, 2.45) is 0 Å². The zero-order chi connectivity index (χ0) is 23.1. The molecule has 5 nitrogen and oxygen atoms in total. The SMILES string of the molecule is COc1ccc(NC(=O)/C(C#N)=C/c2cc(Br)ccc2OCc2ccc(Cl)cc2Cl)cc1. The van der Waals surface area contributed by atoms with Gasteiger partial charge in [-0.1, -0.05) is 45.2 Å². The van der Waals surface area contributed by atoms with Crippen LogP contribution in [0.3, 0.4) is 0 Å². The number of rotatable bonds is 7. The third-order valence-electron chi connectivity index (χ3n) is 4.38. The Kier molecular flexibility index (Phi) is 8.18. The number of ether oxygens (including phenoxy) is 2. The Hall–Kier alpha value is -2.98. The van der Waals surface area contributed by atoms with Gasteiger partial charge in [-0.15, -0.1) is 0 Å². The minimum Gasteiger partial charge on any atom is -0.497 e. The molecule has 3 rings (SSSR count). The number of hydrogen-bond acceptors (Lipinski definition) is 4. The van der Waals surface area contributed by atoms with E-state index in [1.807, 2.05) is 6.07 Å². The first-order valence-electron chi connectivity index (χ1n) is 9.33. The Morgan fingerprint density at radius 3 is 2.53 bits per heavy atom. The second-order valence-electron chi connectivity index (χ2n) is 6.56. The molecule has 0 fully saturated rings. The highest BCUT2D eigenvalue weighted by molar-refractivity contribution is 9.10. The first kappa shape index (κ1) is 23.7. The third kappa shape index (κ3) is 6.27. The lowest BCUT2D eigenvalue weighted by Gasteiger charge is -2.12. The molecule has 32 heavy (non-hydrogen) atoms. The van der Waals surface area contributed by atoms with Gasteiger partial charge in [0.25, 0.3) is 5.91 Å². The summed E-state index contributed by atoms with van der Waals surface area (Å²) in [5.41, 5.74) is 1.78. The molecule has 0 aliphatic heterocycles. The van der Waals surface area contributed by atoms with Crippen molar-refractivity contribution in [3.05, 3.63) is 91.9 Å². The Morgan fingerprint density at radius 1 is 1.12 bits per heavy atom. The molecule has 0 saturated carbocycles. The second kappa shape index (κ2) is 11.1. The van der Waals surface area contributed by atoms with Crippen molar-refractivity contribution in [2.75, 3.05) is 12.4 Å². The smallest absolute Gasteiger partial charge is 0.266 e.